The summed E-state index contributed by atoms with van der Waals surface area (Å²) in [6.45, 7) is 5.62. The van der Waals surface area contributed by atoms with E-state index in [1.807, 2.05) is 6.07 Å². The van der Waals surface area contributed by atoms with Crippen molar-refractivity contribution in [3.05, 3.63) is 39.9 Å². The van der Waals surface area contributed by atoms with Crippen LogP contribution < -0.4 is 5.56 Å². The molecule has 2 fully saturated rings. The zero-order chi connectivity index (χ0) is 15.1. The Morgan fingerprint density at radius 1 is 1.32 bits per heavy atom. The van der Waals surface area contributed by atoms with Gasteiger partial charge in [-0.2, -0.15) is 0 Å². The number of likely N-dealkylation sites (tertiary alicyclic amines) is 1. The van der Waals surface area contributed by atoms with Crippen molar-refractivity contribution in [3.63, 3.8) is 0 Å². The summed E-state index contributed by atoms with van der Waals surface area (Å²) in [5.41, 5.74) is 3.44. The summed E-state index contributed by atoms with van der Waals surface area (Å²) in [5.74, 6) is 1.39. The first kappa shape index (κ1) is 13.9. The molecule has 0 amide bonds. The van der Waals surface area contributed by atoms with Gasteiger partial charge in [-0.25, -0.2) is 4.98 Å². The van der Waals surface area contributed by atoms with Gasteiger partial charge in [-0.3, -0.25) is 9.69 Å². The van der Waals surface area contributed by atoms with Crippen molar-refractivity contribution in [2.75, 3.05) is 13.1 Å². The molecule has 2 heterocycles. The summed E-state index contributed by atoms with van der Waals surface area (Å²) in [6, 6.07) is 4.35. The first-order valence-corrected chi connectivity index (χ1v) is 8.43. The minimum Gasteiger partial charge on any atom is -0.313 e. The average Bonchev–Trinajstić information content (AvgIpc) is 3.32. The number of hydrogen-bond acceptors (Lipinski definition) is 3. The molecule has 4 rings (SSSR count). The Balaban J connectivity index is 1.71. The predicted octanol–water partition coefficient (Wildman–Crippen LogP) is 3.03. The summed E-state index contributed by atoms with van der Waals surface area (Å²) in [7, 11) is 0. The van der Waals surface area contributed by atoms with Crippen LogP contribution in [0.1, 0.15) is 49.7 Å². The largest absolute Gasteiger partial charge is 0.313 e. The van der Waals surface area contributed by atoms with Crippen LogP contribution in [-0.4, -0.2) is 28.0 Å². The van der Waals surface area contributed by atoms with Gasteiger partial charge >= 0.3 is 0 Å². The van der Waals surface area contributed by atoms with Crippen molar-refractivity contribution in [2.45, 2.75) is 45.1 Å². The second-order valence-electron chi connectivity index (χ2n) is 7.07. The maximum Gasteiger partial charge on any atom is 0.258 e. The van der Waals surface area contributed by atoms with E-state index in [2.05, 4.69) is 27.9 Å². The van der Waals surface area contributed by atoms with Gasteiger partial charge in [0.15, 0.2) is 0 Å². The zero-order valence-electron chi connectivity index (χ0n) is 13.1. The fourth-order valence-corrected chi connectivity index (χ4v) is 3.75. The van der Waals surface area contributed by atoms with Gasteiger partial charge in [-0.05, 0) is 61.3 Å². The molecule has 1 aromatic heterocycles. The molecule has 4 nitrogen and oxygen atoms in total. The van der Waals surface area contributed by atoms with Gasteiger partial charge in [0.1, 0.15) is 0 Å². The highest BCUT2D eigenvalue weighted by atomic mass is 16.1. The Hall–Kier alpha value is -1.68. The number of aromatic nitrogens is 2. The maximum absolute atomic E-state index is 12.2. The predicted molar refractivity (Wildman–Crippen MR) is 88.0 cm³/mol. The lowest BCUT2D eigenvalue weighted by molar-refractivity contribution is 0.176. The van der Waals surface area contributed by atoms with Gasteiger partial charge in [0.2, 0.25) is 0 Å². The molecule has 0 spiro atoms. The highest BCUT2D eigenvalue weighted by Crippen LogP contribution is 2.42. The number of nitrogens with zero attached hydrogens (tertiary/aromatic N) is 2. The SMILES string of the molecule is C[C@H]1CCCN(Cc2cc(C3CC3)c3nc[nH]c(=O)c3c2)C1. The molecule has 0 unspecified atom stereocenters. The minimum absolute atomic E-state index is 0.0132. The Kier molecular flexibility index (Phi) is 3.49. The number of rotatable bonds is 3. The second kappa shape index (κ2) is 5.51. The normalized spacial score (nSPS) is 23.0. The molecule has 1 aromatic carbocycles. The summed E-state index contributed by atoms with van der Waals surface area (Å²) < 4.78 is 0. The van der Waals surface area contributed by atoms with Crippen LogP contribution in [0.2, 0.25) is 0 Å². The number of piperidine rings is 1. The van der Waals surface area contributed by atoms with E-state index in [1.54, 1.807) is 0 Å². The fourth-order valence-electron chi connectivity index (χ4n) is 3.75. The van der Waals surface area contributed by atoms with Crippen molar-refractivity contribution in [1.82, 2.24) is 14.9 Å². The molecular formula is C18H23N3O. The lowest BCUT2D eigenvalue weighted by Crippen LogP contribution is -2.33. The van der Waals surface area contributed by atoms with Gasteiger partial charge < -0.3 is 4.98 Å². The van der Waals surface area contributed by atoms with Gasteiger partial charge in [0, 0.05) is 13.1 Å². The van der Waals surface area contributed by atoms with Crippen LogP contribution in [0.3, 0.4) is 0 Å². The summed E-state index contributed by atoms with van der Waals surface area (Å²) in [5, 5.41) is 0.756. The van der Waals surface area contributed by atoms with E-state index in [1.165, 1.54) is 56.2 Å². The van der Waals surface area contributed by atoms with Gasteiger partial charge in [-0.15, -0.1) is 0 Å². The van der Waals surface area contributed by atoms with E-state index in [4.69, 9.17) is 0 Å². The van der Waals surface area contributed by atoms with E-state index in [9.17, 15) is 4.79 Å². The van der Waals surface area contributed by atoms with Crippen LogP contribution in [0.15, 0.2) is 23.3 Å². The first-order chi connectivity index (χ1) is 10.7. The Morgan fingerprint density at radius 3 is 2.95 bits per heavy atom. The minimum atomic E-state index is -0.0132. The molecule has 1 N–H and O–H groups in total. The highest BCUT2D eigenvalue weighted by molar-refractivity contribution is 5.82. The van der Waals surface area contributed by atoms with Crippen molar-refractivity contribution in [3.8, 4) is 0 Å². The zero-order valence-corrected chi connectivity index (χ0v) is 13.1. The summed E-state index contributed by atoms with van der Waals surface area (Å²) >= 11 is 0. The highest BCUT2D eigenvalue weighted by Gasteiger charge is 2.27. The van der Waals surface area contributed by atoms with E-state index in [0.29, 0.717) is 5.92 Å². The standard InChI is InChI=1S/C18H23N3O/c1-12-3-2-6-21(9-12)10-13-7-15(14-4-5-14)17-16(8-13)18(22)20-11-19-17/h7-8,11-12,14H,2-6,9-10H2,1H3,(H,19,20,22)/t12-/m0/s1. The summed E-state index contributed by atoms with van der Waals surface area (Å²) in [6.07, 6.45) is 6.61. The number of H-pyrrole nitrogens is 1. The molecule has 116 valence electrons. The Bertz CT molecular complexity index is 748. The maximum atomic E-state index is 12.2. The molecule has 1 saturated heterocycles. The smallest absolute Gasteiger partial charge is 0.258 e. The average molecular weight is 297 g/mol. The topological polar surface area (TPSA) is 49.0 Å². The molecule has 22 heavy (non-hydrogen) atoms. The Morgan fingerprint density at radius 2 is 2.18 bits per heavy atom. The lowest BCUT2D eigenvalue weighted by Gasteiger charge is -2.31. The fraction of sp³-hybridized carbons (Fsp3) is 0.556. The molecule has 1 aliphatic carbocycles. The second-order valence-corrected chi connectivity index (χ2v) is 7.07. The number of benzene rings is 1. The van der Waals surface area contributed by atoms with Crippen molar-refractivity contribution >= 4 is 10.9 Å². The van der Waals surface area contributed by atoms with Gasteiger partial charge in [-0.1, -0.05) is 13.0 Å². The van der Waals surface area contributed by atoms with Crippen LogP contribution in [-0.2, 0) is 6.54 Å². The van der Waals surface area contributed by atoms with Crippen LogP contribution in [0, 0.1) is 5.92 Å². The molecular weight excluding hydrogens is 274 g/mol. The Labute approximate surface area is 130 Å². The molecule has 1 aliphatic heterocycles. The first-order valence-electron chi connectivity index (χ1n) is 8.43. The van der Waals surface area contributed by atoms with Crippen molar-refractivity contribution in [1.29, 1.82) is 0 Å². The van der Waals surface area contributed by atoms with Crippen LogP contribution in [0.5, 0.6) is 0 Å². The van der Waals surface area contributed by atoms with Crippen LogP contribution >= 0.6 is 0 Å². The van der Waals surface area contributed by atoms with E-state index < -0.39 is 0 Å². The van der Waals surface area contributed by atoms with E-state index >= 15 is 0 Å². The van der Waals surface area contributed by atoms with Crippen molar-refractivity contribution in [2.24, 2.45) is 5.92 Å². The van der Waals surface area contributed by atoms with E-state index in [0.717, 1.165) is 23.4 Å². The lowest BCUT2D eigenvalue weighted by atomic mass is 9.98. The van der Waals surface area contributed by atoms with Crippen molar-refractivity contribution < 1.29 is 0 Å². The number of nitrogens with one attached hydrogen (secondary N) is 1. The van der Waals surface area contributed by atoms with E-state index in [-0.39, 0.29) is 5.56 Å². The molecule has 0 radical (unpaired) electrons. The third-order valence-corrected chi connectivity index (χ3v) is 5.00. The number of aromatic amines is 1. The molecule has 4 heteroatoms. The molecule has 1 saturated carbocycles. The van der Waals surface area contributed by atoms with Crippen LogP contribution in [0.25, 0.3) is 10.9 Å². The molecule has 2 aromatic rings. The summed E-state index contributed by atoms with van der Waals surface area (Å²) in [4.78, 5) is 21.8. The monoisotopic (exact) mass is 297 g/mol. The third kappa shape index (κ3) is 2.68. The quantitative estimate of drug-likeness (QED) is 0.947. The molecule has 1 atom stereocenters. The number of fused-ring (bicyclic) bond motifs is 1. The third-order valence-electron chi connectivity index (χ3n) is 5.00. The molecule has 2 aliphatic rings. The van der Waals surface area contributed by atoms with Crippen LogP contribution in [0.4, 0.5) is 0 Å². The van der Waals surface area contributed by atoms with Gasteiger partial charge in [0.05, 0.1) is 17.2 Å². The number of hydrogen-bond donors (Lipinski definition) is 1. The van der Waals surface area contributed by atoms with Gasteiger partial charge in [0.25, 0.3) is 5.56 Å². The molecule has 0 bridgehead atoms.